The maximum absolute atomic E-state index is 5.21. The summed E-state index contributed by atoms with van der Waals surface area (Å²) >= 11 is 1.81. The van der Waals surface area contributed by atoms with E-state index in [0.717, 1.165) is 40.0 Å². The van der Waals surface area contributed by atoms with E-state index in [9.17, 15) is 0 Å². The van der Waals surface area contributed by atoms with E-state index in [1.165, 1.54) is 17.0 Å². The standard InChI is InChI=1S/C19H21N3OS/c1-11-7-12(17-14(8-11)21-16(23-4)10-20-17)18-22-13-5-6-19(2,3)9-15(13)24-18/h7-8,10H,5-6,9H2,1-4H3. The number of nitrogens with zero attached hydrogens (tertiary/aromatic N) is 3. The molecule has 0 unspecified atom stereocenters. The van der Waals surface area contributed by atoms with Crippen molar-refractivity contribution >= 4 is 22.4 Å². The van der Waals surface area contributed by atoms with Crippen LogP contribution in [0.5, 0.6) is 5.88 Å². The van der Waals surface area contributed by atoms with E-state index in [1.807, 2.05) is 17.4 Å². The van der Waals surface area contributed by atoms with Gasteiger partial charge in [-0.1, -0.05) is 13.8 Å². The van der Waals surface area contributed by atoms with Crippen molar-refractivity contribution in [1.82, 2.24) is 15.0 Å². The zero-order valence-corrected chi connectivity index (χ0v) is 15.3. The summed E-state index contributed by atoms with van der Waals surface area (Å²) in [6.07, 6.45) is 5.07. The Morgan fingerprint density at radius 1 is 1.21 bits per heavy atom. The fourth-order valence-electron chi connectivity index (χ4n) is 3.32. The molecule has 0 radical (unpaired) electrons. The van der Waals surface area contributed by atoms with E-state index in [2.05, 4.69) is 36.8 Å². The van der Waals surface area contributed by atoms with Gasteiger partial charge in [0.25, 0.3) is 0 Å². The second-order valence-electron chi connectivity index (χ2n) is 7.32. The van der Waals surface area contributed by atoms with Crippen molar-refractivity contribution in [2.24, 2.45) is 5.41 Å². The van der Waals surface area contributed by atoms with Crippen LogP contribution < -0.4 is 4.74 Å². The molecule has 0 fully saturated rings. The van der Waals surface area contributed by atoms with Crippen LogP contribution in [0, 0.1) is 12.3 Å². The Balaban J connectivity index is 1.87. The lowest BCUT2D eigenvalue weighted by Crippen LogP contribution is -2.20. The van der Waals surface area contributed by atoms with Crippen molar-refractivity contribution in [1.29, 1.82) is 0 Å². The largest absolute Gasteiger partial charge is 0.480 e. The second-order valence-corrected chi connectivity index (χ2v) is 8.41. The van der Waals surface area contributed by atoms with Gasteiger partial charge in [0.1, 0.15) is 5.01 Å². The lowest BCUT2D eigenvalue weighted by molar-refractivity contribution is 0.316. The number of rotatable bonds is 2. The van der Waals surface area contributed by atoms with Gasteiger partial charge in [0, 0.05) is 10.4 Å². The van der Waals surface area contributed by atoms with Crippen molar-refractivity contribution in [3.05, 3.63) is 34.5 Å². The molecule has 24 heavy (non-hydrogen) atoms. The molecule has 1 aliphatic carbocycles. The topological polar surface area (TPSA) is 47.9 Å². The lowest BCUT2D eigenvalue weighted by Gasteiger charge is -2.28. The third-order valence-corrected chi connectivity index (χ3v) is 5.80. The zero-order valence-electron chi connectivity index (χ0n) is 14.5. The Kier molecular flexibility index (Phi) is 3.57. The van der Waals surface area contributed by atoms with E-state index in [4.69, 9.17) is 9.72 Å². The molecule has 0 saturated carbocycles. The highest BCUT2D eigenvalue weighted by Gasteiger charge is 2.28. The molecule has 0 spiro atoms. The van der Waals surface area contributed by atoms with E-state index < -0.39 is 0 Å². The van der Waals surface area contributed by atoms with Gasteiger partial charge in [-0.15, -0.1) is 11.3 Å². The molecule has 0 amide bonds. The number of aromatic nitrogens is 3. The number of hydrogen-bond donors (Lipinski definition) is 0. The Morgan fingerprint density at radius 3 is 2.83 bits per heavy atom. The molecule has 5 heteroatoms. The third kappa shape index (κ3) is 2.67. The highest BCUT2D eigenvalue weighted by atomic mass is 32.1. The molecule has 0 bridgehead atoms. The SMILES string of the molecule is COc1cnc2c(-c3nc4c(s3)CC(C)(C)CC4)cc(C)cc2n1. The number of fused-ring (bicyclic) bond motifs is 2. The predicted molar refractivity (Wildman–Crippen MR) is 97.7 cm³/mol. The predicted octanol–water partition coefficient (Wildman–Crippen LogP) is 4.59. The Bertz CT molecular complexity index is 930. The molecule has 124 valence electrons. The molecule has 4 rings (SSSR count). The highest BCUT2D eigenvalue weighted by molar-refractivity contribution is 7.15. The van der Waals surface area contributed by atoms with Gasteiger partial charge in [0.2, 0.25) is 5.88 Å². The number of benzene rings is 1. The molecule has 4 nitrogen and oxygen atoms in total. The maximum atomic E-state index is 5.21. The molecule has 0 aliphatic heterocycles. The van der Waals surface area contributed by atoms with Crippen molar-refractivity contribution < 1.29 is 4.74 Å². The first-order valence-corrected chi connectivity index (χ1v) is 9.07. The van der Waals surface area contributed by atoms with E-state index in [-0.39, 0.29) is 0 Å². The van der Waals surface area contributed by atoms with Crippen LogP contribution in [0.2, 0.25) is 0 Å². The summed E-state index contributed by atoms with van der Waals surface area (Å²) in [5.41, 5.74) is 5.64. The minimum absolute atomic E-state index is 0.374. The Labute approximate surface area is 145 Å². The van der Waals surface area contributed by atoms with Crippen molar-refractivity contribution in [3.63, 3.8) is 0 Å². The van der Waals surface area contributed by atoms with Crippen LogP contribution >= 0.6 is 11.3 Å². The molecule has 0 N–H and O–H groups in total. The van der Waals surface area contributed by atoms with E-state index in [0.29, 0.717) is 11.3 Å². The monoisotopic (exact) mass is 339 g/mol. The zero-order chi connectivity index (χ0) is 16.9. The fourth-order valence-corrected chi connectivity index (χ4v) is 4.70. The quantitative estimate of drug-likeness (QED) is 0.685. The summed E-state index contributed by atoms with van der Waals surface area (Å²) in [4.78, 5) is 15.5. The van der Waals surface area contributed by atoms with Crippen LogP contribution in [0.15, 0.2) is 18.3 Å². The highest BCUT2D eigenvalue weighted by Crippen LogP contribution is 2.41. The molecule has 3 aromatic rings. The summed E-state index contributed by atoms with van der Waals surface area (Å²) < 4.78 is 5.21. The summed E-state index contributed by atoms with van der Waals surface area (Å²) in [5, 5.41) is 1.06. The summed E-state index contributed by atoms with van der Waals surface area (Å²) in [7, 11) is 1.61. The Hall–Kier alpha value is -2.01. The first kappa shape index (κ1) is 15.5. The number of hydrogen-bond acceptors (Lipinski definition) is 5. The number of aryl methyl sites for hydroxylation is 2. The van der Waals surface area contributed by atoms with Crippen LogP contribution in [0.3, 0.4) is 0 Å². The van der Waals surface area contributed by atoms with Crippen molar-refractivity contribution in [3.8, 4) is 16.5 Å². The van der Waals surface area contributed by atoms with Gasteiger partial charge in [-0.25, -0.2) is 15.0 Å². The van der Waals surface area contributed by atoms with Crippen molar-refractivity contribution in [2.75, 3.05) is 7.11 Å². The second kappa shape index (κ2) is 5.52. The lowest BCUT2D eigenvalue weighted by atomic mass is 9.79. The molecular weight excluding hydrogens is 318 g/mol. The van der Waals surface area contributed by atoms with Crippen LogP contribution in [0.25, 0.3) is 21.6 Å². The molecule has 2 aromatic heterocycles. The van der Waals surface area contributed by atoms with Crippen LogP contribution in [-0.4, -0.2) is 22.1 Å². The van der Waals surface area contributed by atoms with Crippen LogP contribution in [-0.2, 0) is 12.8 Å². The Morgan fingerprint density at radius 2 is 2.04 bits per heavy atom. The maximum Gasteiger partial charge on any atom is 0.232 e. The molecular formula is C19H21N3OS. The molecule has 1 aromatic carbocycles. The summed E-state index contributed by atoms with van der Waals surface area (Å²) in [6, 6.07) is 4.21. The van der Waals surface area contributed by atoms with E-state index >= 15 is 0 Å². The molecule has 0 atom stereocenters. The minimum Gasteiger partial charge on any atom is -0.480 e. The normalized spacial score (nSPS) is 16.2. The van der Waals surface area contributed by atoms with Gasteiger partial charge in [-0.2, -0.15) is 0 Å². The van der Waals surface area contributed by atoms with Gasteiger partial charge < -0.3 is 4.74 Å². The minimum atomic E-state index is 0.374. The van der Waals surface area contributed by atoms with Gasteiger partial charge >= 0.3 is 0 Å². The number of methoxy groups -OCH3 is 1. The van der Waals surface area contributed by atoms with Crippen LogP contribution in [0.4, 0.5) is 0 Å². The average Bonchev–Trinajstić information content (AvgIpc) is 2.94. The van der Waals surface area contributed by atoms with Gasteiger partial charge in [0.05, 0.1) is 30.0 Å². The fraction of sp³-hybridized carbons (Fsp3) is 0.421. The van der Waals surface area contributed by atoms with Crippen molar-refractivity contribution in [2.45, 2.75) is 40.0 Å². The molecule has 1 aliphatic rings. The van der Waals surface area contributed by atoms with Gasteiger partial charge in [0.15, 0.2) is 0 Å². The summed E-state index contributed by atoms with van der Waals surface area (Å²) in [5.74, 6) is 0.541. The van der Waals surface area contributed by atoms with Gasteiger partial charge in [-0.3, -0.25) is 0 Å². The first-order valence-electron chi connectivity index (χ1n) is 8.25. The van der Waals surface area contributed by atoms with E-state index in [1.54, 1.807) is 13.3 Å². The molecule has 2 heterocycles. The molecule has 0 saturated heterocycles. The number of thiazole rings is 1. The number of ether oxygens (including phenoxy) is 1. The smallest absolute Gasteiger partial charge is 0.232 e. The van der Waals surface area contributed by atoms with Gasteiger partial charge in [-0.05, 0) is 49.3 Å². The van der Waals surface area contributed by atoms with Crippen LogP contribution in [0.1, 0.15) is 36.4 Å². The average molecular weight is 339 g/mol. The first-order chi connectivity index (χ1) is 11.4. The third-order valence-electron chi connectivity index (χ3n) is 4.66. The summed E-state index contributed by atoms with van der Waals surface area (Å²) in [6.45, 7) is 6.77.